The SMILES string of the molecule is N#CNC1CCN(Cc2ccc(-n3c(-c4cccnc4N)nc4cc(-c5ccccc5)cnc43)cc2)CC1. The van der Waals surface area contributed by atoms with Gasteiger partial charge in [-0.1, -0.05) is 42.5 Å². The number of nitrogen functional groups attached to an aromatic ring is 1. The van der Waals surface area contributed by atoms with Crippen LogP contribution in [0.15, 0.2) is 85.2 Å². The van der Waals surface area contributed by atoms with Crippen LogP contribution in [0.4, 0.5) is 5.82 Å². The van der Waals surface area contributed by atoms with Gasteiger partial charge in [-0.2, -0.15) is 5.26 Å². The summed E-state index contributed by atoms with van der Waals surface area (Å²) in [6.07, 6.45) is 7.62. The maximum atomic E-state index is 8.87. The summed E-state index contributed by atoms with van der Waals surface area (Å²) in [7, 11) is 0. The first-order valence-corrected chi connectivity index (χ1v) is 12.8. The quantitative estimate of drug-likeness (QED) is 0.255. The van der Waals surface area contributed by atoms with Crippen molar-refractivity contribution < 1.29 is 0 Å². The molecule has 0 atom stereocenters. The highest BCUT2D eigenvalue weighted by Gasteiger charge is 2.20. The summed E-state index contributed by atoms with van der Waals surface area (Å²) >= 11 is 0. The minimum atomic E-state index is 0.293. The van der Waals surface area contributed by atoms with Gasteiger partial charge in [0.25, 0.3) is 0 Å². The first-order valence-electron chi connectivity index (χ1n) is 12.8. The van der Waals surface area contributed by atoms with Crippen LogP contribution in [-0.2, 0) is 6.54 Å². The molecule has 0 radical (unpaired) electrons. The van der Waals surface area contributed by atoms with Gasteiger partial charge in [-0.05, 0) is 54.3 Å². The first kappa shape index (κ1) is 23.6. The van der Waals surface area contributed by atoms with Gasteiger partial charge < -0.3 is 11.1 Å². The van der Waals surface area contributed by atoms with Crippen LogP contribution in [0.3, 0.4) is 0 Å². The second-order valence-electron chi connectivity index (χ2n) is 9.61. The summed E-state index contributed by atoms with van der Waals surface area (Å²) in [6.45, 7) is 2.84. The Morgan fingerprint density at radius 1 is 0.947 bits per heavy atom. The van der Waals surface area contributed by atoms with Crippen molar-refractivity contribution in [2.75, 3.05) is 18.8 Å². The fourth-order valence-electron chi connectivity index (χ4n) is 5.12. The molecule has 5 aromatic rings. The standard InChI is InChI=1S/C30H28N8/c31-20-35-24-12-15-37(16-13-24)19-21-8-10-25(11-9-21)38-29(26-7-4-14-33-28(26)32)36-27-17-23(18-34-30(27)38)22-5-2-1-3-6-22/h1-11,14,17-18,24,35H,12-13,15-16,19H2,(H2,32,33). The molecule has 0 amide bonds. The second kappa shape index (κ2) is 10.3. The summed E-state index contributed by atoms with van der Waals surface area (Å²) in [5, 5.41) is 11.8. The first-order chi connectivity index (χ1) is 18.7. The molecule has 8 heteroatoms. The molecule has 3 N–H and O–H groups in total. The third-order valence-corrected chi connectivity index (χ3v) is 7.14. The monoisotopic (exact) mass is 500 g/mol. The third kappa shape index (κ3) is 4.67. The Balaban J connectivity index is 1.35. The Kier molecular flexibility index (Phi) is 6.42. The van der Waals surface area contributed by atoms with Crippen LogP contribution >= 0.6 is 0 Å². The average Bonchev–Trinajstić information content (AvgIpc) is 3.34. The van der Waals surface area contributed by atoms with E-state index in [1.54, 1.807) is 6.20 Å². The minimum absolute atomic E-state index is 0.293. The van der Waals surface area contributed by atoms with E-state index in [4.69, 9.17) is 21.0 Å². The lowest BCUT2D eigenvalue weighted by molar-refractivity contribution is 0.197. The average molecular weight is 501 g/mol. The molecular weight excluding hydrogens is 472 g/mol. The van der Waals surface area contributed by atoms with Crippen LogP contribution in [-0.4, -0.2) is 43.6 Å². The molecule has 1 aliphatic rings. The molecule has 0 spiro atoms. The van der Waals surface area contributed by atoms with Gasteiger partial charge in [0.15, 0.2) is 17.7 Å². The van der Waals surface area contributed by atoms with Gasteiger partial charge in [-0.25, -0.2) is 15.0 Å². The summed E-state index contributed by atoms with van der Waals surface area (Å²) in [5.41, 5.74) is 12.9. The smallest absolute Gasteiger partial charge is 0.176 e. The minimum Gasteiger partial charge on any atom is -0.383 e. The number of likely N-dealkylation sites (tertiary alicyclic amines) is 1. The number of nitrogens with zero attached hydrogens (tertiary/aromatic N) is 6. The number of nitrogens with two attached hydrogens (primary N) is 1. The molecule has 1 aliphatic heterocycles. The molecule has 4 heterocycles. The topological polar surface area (TPSA) is 109 Å². The number of anilines is 1. The van der Waals surface area contributed by atoms with Crippen molar-refractivity contribution >= 4 is 17.0 Å². The number of aromatic nitrogens is 4. The van der Waals surface area contributed by atoms with Crippen molar-refractivity contribution in [3.05, 3.63) is 90.8 Å². The predicted molar refractivity (Wildman–Crippen MR) is 149 cm³/mol. The Labute approximate surface area is 221 Å². The molecule has 6 rings (SSSR count). The van der Waals surface area contributed by atoms with Crippen LogP contribution in [0.25, 0.3) is 39.4 Å². The van der Waals surface area contributed by atoms with Gasteiger partial charge in [0.05, 0.1) is 5.56 Å². The van der Waals surface area contributed by atoms with Crippen molar-refractivity contribution in [2.45, 2.75) is 25.4 Å². The van der Waals surface area contributed by atoms with E-state index in [1.807, 2.05) is 36.5 Å². The largest absolute Gasteiger partial charge is 0.383 e. The maximum Gasteiger partial charge on any atom is 0.176 e. The van der Waals surface area contributed by atoms with Crippen molar-refractivity contribution in [1.82, 2.24) is 29.7 Å². The Hall–Kier alpha value is -4.74. The molecule has 1 fully saturated rings. The van der Waals surface area contributed by atoms with Gasteiger partial charge in [-0.3, -0.25) is 9.47 Å². The summed E-state index contributed by atoms with van der Waals surface area (Å²) < 4.78 is 2.06. The zero-order valence-electron chi connectivity index (χ0n) is 21.0. The van der Waals surface area contributed by atoms with Crippen LogP contribution in [0.1, 0.15) is 18.4 Å². The van der Waals surface area contributed by atoms with Crippen LogP contribution in [0.2, 0.25) is 0 Å². The molecular formula is C30H28N8. The van der Waals surface area contributed by atoms with Crippen LogP contribution in [0, 0.1) is 11.5 Å². The molecule has 3 aromatic heterocycles. The highest BCUT2D eigenvalue weighted by atomic mass is 15.1. The molecule has 0 bridgehead atoms. The molecule has 188 valence electrons. The number of nitrogens with one attached hydrogen (secondary N) is 1. The van der Waals surface area contributed by atoms with E-state index < -0.39 is 0 Å². The van der Waals surface area contributed by atoms with Crippen molar-refractivity contribution in [3.63, 3.8) is 0 Å². The zero-order valence-corrected chi connectivity index (χ0v) is 21.0. The van der Waals surface area contributed by atoms with E-state index in [1.165, 1.54) is 5.56 Å². The number of imidazole rings is 1. The van der Waals surface area contributed by atoms with Gasteiger partial charge >= 0.3 is 0 Å². The molecule has 1 saturated heterocycles. The lowest BCUT2D eigenvalue weighted by atomic mass is 10.0. The van der Waals surface area contributed by atoms with Gasteiger partial charge in [-0.15, -0.1) is 0 Å². The molecule has 0 saturated carbocycles. The summed E-state index contributed by atoms with van der Waals surface area (Å²) in [6, 6.07) is 24.9. The van der Waals surface area contributed by atoms with Crippen molar-refractivity contribution in [2.24, 2.45) is 0 Å². The number of piperidine rings is 1. The third-order valence-electron chi connectivity index (χ3n) is 7.14. The lowest BCUT2D eigenvalue weighted by Gasteiger charge is -2.31. The van der Waals surface area contributed by atoms with E-state index >= 15 is 0 Å². The number of hydrogen-bond donors (Lipinski definition) is 2. The number of fused-ring (bicyclic) bond motifs is 1. The summed E-state index contributed by atoms with van der Waals surface area (Å²) in [5.74, 6) is 1.14. The van der Waals surface area contributed by atoms with E-state index in [-0.39, 0.29) is 0 Å². The van der Waals surface area contributed by atoms with Crippen molar-refractivity contribution in [3.8, 4) is 34.4 Å². The molecule has 0 aliphatic carbocycles. The number of rotatable bonds is 6. The molecule has 2 aromatic carbocycles. The normalized spacial score (nSPS) is 14.4. The van der Waals surface area contributed by atoms with Crippen molar-refractivity contribution in [1.29, 1.82) is 5.26 Å². The number of benzene rings is 2. The fraction of sp³-hybridized carbons (Fsp3) is 0.200. The molecule has 8 nitrogen and oxygen atoms in total. The van der Waals surface area contributed by atoms with E-state index in [0.29, 0.717) is 17.7 Å². The van der Waals surface area contributed by atoms with Gasteiger partial charge in [0.2, 0.25) is 0 Å². The lowest BCUT2D eigenvalue weighted by Crippen LogP contribution is -2.40. The number of nitriles is 1. The Bertz CT molecular complexity index is 1590. The number of pyridine rings is 2. The Morgan fingerprint density at radius 2 is 1.74 bits per heavy atom. The summed E-state index contributed by atoms with van der Waals surface area (Å²) in [4.78, 5) is 16.6. The van der Waals surface area contributed by atoms with Crippen LogP contribution in [0.5, 0.6) is 0 Å². The maximum absolute atomic E-state index is 8.87. The zero-order chi connectivity index (χ0) is 25.9. The number of hydrogen-bond acceptors (Lipinski definition) is 7. The van der Waals surface area contributed by atoms with E-state index in [0.717, 1.165) is 66.0 Å². The predicted octanol–water partition coefficient (Wildman–Crippen LogP) is 4.77. The van der Waals surface area contributed by atoms with Gasteiger partial charge in [0.1, 0.15) is 11.3 Å². The highest BCUT2D eigenvalue weighted by molar-refractivity contribution is 5.85. The molecule has 0 unspecified atom stereocenters. The fourth-order valence-corrected chi connectivity index (χ4v) is 5.12. The van der Waals surface area contributed by atoms with E-state index in [2.05, 4.69) is 68.4 Å². The van der Waals surface area contributed by atoms with E-state index in [9.17, 15) is 0 Å². The second-order valence-corrected chi connectivity index (χ2v) is 9.61. The Morgan fingerprint density at radius 3 is 2.47 bits per heavy atom. The highest BCUT2D eigenvalue weighted by Crippen LogP contribution is 2.32. The van der Waals surface area contributed by atoms with Gasteiger partial charge in [0, 0.05) is 49.3 Å². The molecule has 38 heavy (non-hydrogen) atoms. The van der Waals surface area contributed by atoms with Crippen LogP contribution < -0.4 is 11.1 Å².